The monoisotopic (exact) mass is 364 g/mol. The molecule has 2 heterocycles. The number of nitrogens with one attached hydrogen (secondary N) is 3. The fourth-order valence-electron chi connectivity index (χ4n) is 2.99. The van der Waals surface area contributed by atoms with Crippen molar-refractivity contribution in [3.63, 3.8) is 0 Å². The van der Waals surface area contributed by atoms with Gasteiger partial charge in [-0.25, -0.2) is 4.98 Å². The maximum absolute atomic E-state index is 12.6. The van der Waals surface area contributed by atoms with Crippen molar-refractivity contribution in [2.24, 2.45) is 5.92 Å². The molecule has 0 bridgehead atoms. The minimum atomic E-state index is -1.86. The van der Waals surface area contributed by atoms with Crippen molar-refractivity contribution in [2.75, 3.05) is 5.32 Å². The molecule has 6 nitrogen and oxygen atoms in total. The molecule has 1 fully saturated rings. The van der Waals surface area contributed by atoms with Crippen LogP contribution >= 0.6 is 0 Å². The van der Waals surface area contributed by atoms with E-state index < -0.39 is 11.1 Å². The third-order valence-corrected chi connectivity index (χ3v) is 4.52. The first kappa shape index (κ1) is 18.4. The quantitative estimate of drug-likeness (QED) is 0.599. The number of aromatic nitrogens is 2. The summed E-state index contributed by atoms with van der Waals surface area (Å²) >= 11 is 0. The van der Waals surface area contributed by atoms with E-state index in [2.05, 4.69) is 20.6 Å². The predicted octanol–water partition coefficient (Wildman–Crippen LogP) is 1.42. The van der Waals surface area contributed by atoms with Crippen LogP contribution in [0.2, 0.25) is 0 Å². The van der Waals surface area contributed by atoms with Crippen LogP contribution < -0.4 is 10.6 Å². The van der Waals surface area contributed by atoms with Crippen molar-refractivity contribution in [1.29, 1.82) is 0 Å². The minimum Gasteiger partial charge on any atom is -0.372 e. The maximum atomic E-state index is 12.6. The molecule has 1 saturated carbocycles. The van der Waals surface area contributed by atoms with E-state index in [4.69, 9.17) is 23.5 Å². The molecular weight excluding hydrogens is 349 g/mol. The molecule has 0 saturated heterocycles. The molecule has 0 atom stereocenters. The molecule has 6 radical (unpaired) electrons. The second-order valence-electron chi connectivity index (χ2n) is 7.01. The van der Waals surface area contributed by atoms with Gasteiger partial charge in [-0.3, -0.25) is 9.59 Å². The molecule has 3 aromatic rings. The summed E-state index contributed by atoms with van der Waals surface area (Å²) in [6.07, 6.45) is 3.12. The molecular formula is C19H15B3N4O2. The zero-order chi connectivity index (χ0) is 19.9. The number of anilines is 1. The molecule has 132 valence electrons. The Balaban J connectivity index is 1.80. The van der Waals surface area contributed by atoms with E-state index >= 15 is 0 Å². The van der Waals surface area contributed by atoms with Crippen molar-refractivity contribution in [2.45, 2.75) is 18.1 Å². The van der Waals surface area contributed by atoms with Crippen LogP contribution in [0.15, 0.2) is 42.6 Å². The van der Waals surface area contributed by atoms with Gasteiger partial charge >= 0.3 is 0 Å². The van der Waals surface area contributed by atoms with Crippen molar-refractivity contribution in [3.8, 4) is 11.3 Å². The van der Waals surface area contributed by atoms with Crippen LogP contribution in [0.25, 0.3) is 22.2 Å². The van der Waals surface area contributed by atoms with Gasteiger partial charge in [0.15, 0.2) is 5.82 Å². The number of hydrogen-bond donors (Lipinski definition) is 3. The Morgan fingerprint density at radius 3 is 2.50 bits per heavy atom. The van der Waals surface area contributed by atoms with Gasteiger partial charge < -0.3 is 15.6 Å². The van der Waals surface area contributed by atoms with Crippen LogP contribution in [-0.4, -0.2) is 50.6 Å². The SMILES string of the molecule is [B]C([B])([B])NC(=O)c1cnc(NC(=O)C2CC2)c2[nH]c(-c3ccccc3)cc12. The lowest BCUT2D eigenvalue weighted by atomic mass is 9.49. The lowest BCUT2D eigenvalue weighted by Crippen LogP contribution is -2.50. The molecule has 4 rings (SSSR count). The maximum Gasteiger partial charge on any atom is 0.251 e. The fourth-order valence-corrected chi connectivity index (χ4v) is 2.99. The first-order chi connectivity index (χ1) is 13.3. The van der Waals surface area contributed by atoms with Crippen LogP contribution in [0.4, 0.5) is 5.82 Å². The highest BCUT2D eigenvalue weighted by atomic mass is 16.2. The third-order valence-electron chi connectivity index (χ3n) is 4.52. The molecule has 28 heavy (non-hydrogen) atoms. The largest absolute Gasteiger partial charge is 0.372 e. The molecule has 2 amide bonds. The first-order valence-electron chi connectivity index (χ1n) is 8.89. The van der Waals surface area contributed by atoms with Crippen LogP contribution in [0.1, 0.15) is 23.2 Å². The summed E-state index contributed by atoms with van der Waals surface area (Å²) in [5.74, 6) is -0.253. The standard InChI is InChI=1S/C19H15B3N4O2/c20-19(21,22)26-18(28)13-9-23-16(25-17(27)11-6-7-11)15-12(13)8-14(24-15)10-4-2-1-3-5-10/h1-5,8-9,11,24H,6-7H2,(H,26,28)(H,23,25,27). The zero-order valence-electron chi connectivity index (χ0n) is 15.0. The number of aromatic amines is 1. The number of rotatable bonds is 5. The molecule has 9 heteroatoms. The van der Waals surface area contributed by atoms with Gasteiger partial charge in [-0.15, -0.1) is 0 Å². The van der Waals surface area contributed by atoms with E-state index in [9.17, 15) is 9.59 Å². The number of carbonyl (C=O) groups excluding carboxylic acids is 2. The third kappa shape index (κ3) is 3.83. The molecule has 1 aliphatic rings. The molecule has 0 aliphatic heterocycles. The Morgan fingerprint density at radius 1 is 1.14 bits per heavy atom. The van der Waals surface area contributed by atoms with E-state index in [0.29, 0.717) is 16.7 Å². The van der Waals surface area contributed by atoms with Crippen LogP contribution in [0.3, 0.4) is 0 Å². The van der Waals surface area contributed by atoms with E-state index in [1.54, 1.807) is 0 Å². The van der Waals surface area contributed by atoms with Gasteiger partial charge in [0.2, 0.25) is 5.91 Å². The Kier molecular flexibility index (Phi) is 4.53. The second-order valence-corrected chi connectivity index (χ2v) is 7.01. The zero-order valence-corrected chi connectivity index (χ0v) is 15.0. The molecule has 0 spiro atoms. The summed E-state index contributed by atoms with van der Waals surface area (Å²) in [4.78, 5) is 32.3. The first-order valence-corrected chi connectivity index (χ1v) is 8.89. The number of hydrogen-bond acceptors (Lipinski definition) is 3. The van der Waals surface area contributed by atoms with E-state index in [1.807, 2.05) is 36.4 Å². The predicted molar refractivity (Wildman–Crippen MR) is 110 cm³/mol. The molecule has 1 aliphatic carbocycles. The normalized spacial score (nSPS) is 14.0. The van der Waals surface area contributed by atoms with Gasteiger partial charge in [-0.2, -0.15) is 0 Å². The smallest absolute Gasteiger partial charge is 0.251 e. The van der Waals surface area contributed by atoms with Gasteiger partial charge in [-0.1, -0.05) is 35.6 Å². The number of nitrogens with zero attached hydrogens (tertiary/aromatic N) is 1. The number of benzene rings is 1. The summed E-state index contributed by atoms with van der Waals surface area (Å²) in [7, 11) is 16.5. The van der Waals surface area contributed by atoms with E-state index in [-0.39, 0.29) is 17.4 Å². The average Bonchev–Trinajstić information content (AvgIpc) is 3.39. The Morgan fingerprint density at radius 2 is 1.86 bits per heavy atom. The number of carbonyl (C=O) groups is 2. The molecule has 0 unspecified atom stereocenters. The highest BCUT2D eigenvalue weighted by Crippen LogP contribution is 2.33. The molecule has 1 aromatic carbocycles. The second kappa shape index (κ2) is 6.89. The van der Waals surface area contributed by atoms with Gasteiger partial charge in [0.25, 0.3) is 5.91 Å². The van der Waals surface area contributed by atoms with E-state index in [1.165, 1.54) is 6.20 Å². The summed E-state index contributed by atoms with van der Waals surface area (Å²) in [5, 5.41) is 3.87. The number of fused-ring (bicyclic) bond motifs is 1. The Bertz CT molecular complexity index is 1060. The van der Waals surface area contributed by atoms with Crippen LogP contribution in [0, 0.1) is 5.92 Å². The van der Waals surface area contributed by atoms with Gasteiger partial charge in [0.1, 0.15) is 0 Å². The Hall–Kier alpha value is -2.96. The van der Waals surface area contributed by atoms with Crippen molar-refractivity contribution in [3.05, 3.63) is 48.2 Å². The van der Waals surface area contributed by atoms with Crippen LogP contribution in [0.5, 0.6) is 0 Å². The van der Waals surface area contributed by atoms with Crippen LogP contribution in [-0.2, 0) is 4.79 Å². The summed E-state index contributed by atoms with van der Waals surface area (Å²) in [6, 6.07) is 11.4. The Labute approximate surface area is 166 Å². The highest BCUT2D eigenvalue weighted by molar-refractivity contribution is 6.60. The molecule has 3 N–H and O–H groups in total. The minimum absolute atomic E-state index is 0.0238. The lowest BCUT2D eigenvalue weighted by Gasteiger charge is -2.22. The topological polar surface area (TPSA) is 86.9 Å². The average molecular weight is 364 g/mol. The summed E-state index contributed by atoms with van der Waals surface area (Å²) in [5.41, 5.74) is 2.48. The number of H-pyrrole nitrogens is 1. The summed E-state index contributed by atoms with van der Waals surface area (Å²) < 4.78 is 0. The van der Waals surface area contributed by atoms with Gasteiger partial charge in [-0.05, 0) is 24.5 Å². The highest BCUT2D eigenvalue weighted by Gasteiger charge is 2.30. The fraction of sp³-hybridized carbons (Fsp3) is 0.211. The van der Waals surface area contributed by atoms with Crippen molar-refractivity contribution < 1.29 is 9.59 Å². The lowest BCUT2D eigenvalue weighted by molar-refractivity contribution is -0.117. The van der Waals surface area contributed by atoms with E-state index in [0.717, 1.165) is 24.1 Å². The molecule has 2 aromatic heterocycles. The number of amides is 2. The van der Waals surface area contributed by atoms with Crippen molar-refractivity contribution >= 4 is 52.1 Å². The number of pyridine rings is 1. The van der Waals surface area contributed by atoms with Gasteiger partial charge in [0.05, 0.1) is 34.6 Å². The summed E-state index contributed by atoms with van der Waals surface area (Å²) in [6.45, 7) is 0. The van der Waals surface area contributed by atoms with Crippen molar-refractivity contribution in [1.82, 2.24) is 15.3 Å². The van der Waals surface area contributed by atoms with Gasteiger partial charge in [0, 0.05) is 23.2 Å².